The SMILES string of the molecule is NNC(Cc1ccc(F)cc1)c1cc2c(s1)CCC2. The predicted molar refractivity (Wildman–Crippen MR) is 76.5 cm³/mol. The Bertz CT molecular complexity index is 541. The zero-order chi connectivity index (χ0) is 13.2. The average Bonchev–Trinajstić information content (AvgIpc) is 2.99. The summed E-state index contributed by atoms with van der Waals surface area (Å²) in [6.07, 6.45) is 4.46. The lowest BCUT2D eigenvalue weighted by atomic mass is 10.0. The van der Waals surface area contributed by atoms with E-state index in [1.54, 1.807) is 0 Å². The number of halogens is 1. The molecule has 1 atom stereocenters. The van der Waals surface area contributed by atoms with Gasteiger partial charge in [0.2, 0.25) is 0 Å². The first-order valence-electron chi connectivity index (χ1n) is 6.58. The molecule has 0 aliphatic heterocycles. The fraction of sp³-hybridized carbons (Fsp3) is 0.333. The highest BCUT2D eigenvalue weighted by atomic mass is 32.1. The van der Waals surface area contributed by atoms with E-state index in [9.17, 15) is 4.39 Å². The van der Waals surface area contributed by atoms with Crippen LogP contribution in [0.15, 0.2) is 30.3 Å². The van der Waals surface area contributed by atoms with E-state index >= 15 is 0 Å². The molecule has 4 heteroatoms. The maximum absolute atomic E-state index is 12.9. The van der Waals surface area contributed by atoms with E-state index in [4.69, 9.17) is 5.84 Å². The van der Waals surface area contributed by atoms with Gasteiger partial charge in [-0.15, -0.1) is 11.3 Å². The highest BCUT2D eigenvalue weighted by Gasteiger charge is 2.19. The quantitative estimate of drug-likeness (QED) is 0.665. The second-order valence-electron chi connectivity index (χ2n) is 5.00. The molecule has 2 nitrogen and oxygen atoms in total. The Hall–Kier alpha value is -1.23. The predicted octanol–water partition coefficient (Wildman–Crippen LogP) is 3.12. The van der Waals surface area contributed by atoms with Crippen molar-refractivity contribution in [2.75, 3.05) is 0 Å². The number of aryl methyl sites for hydroxylation is 2. The second kappa shape index (κ2) is 5.41. The minimum atomic E-state index is -0.198. The number of thiophene rings is 1. The van der Waals surface area contributed by atoms with Crippen LogP contribution in [0.25, 0.3) is 0 Å². The lowest BCUT2D eigenvalue weighted by molar-refractivity contribution is 0.559. The standard InChI is InChI=1S/C15H17FN2S/c16-12-6-4-10(5-7-12)8-13(18-17)15-9-11-2-1-3-14(11)19-15/h4-7,9,13,18H,1-3,8,17H2. The lowest BCUT2D eigenvalue weighted by Crippen LogP contribution is -2.29. The molecule has 0 fully saturated rings. The van der Waals surface area contributed by atoms with Crippen molar-refractivity contribution in [3.05, 3.63) is 57.0 Å². The van der Waals surface area contributed by atoms with E-state index in [2.05, 4.69) is 11.5 Å². The molecule has 1 aliphatic carbocycles. The minimum Gasteiger partial charge on any atom is -0.271 e. The van der Waals surface area contributed by atoms with Crippen LogP contribution in [0.2, 0.25) is 0 Å². The largest absolute Gasteiger partial charge is 0.271 e. The summed E-state index contributed by atoms with van der Waals surface area (Å²) in [5.41, 5.74) is 5.47. The van der Waals surface area contributed by atoms with Crippen LogP contribution in [0.1, 0.15) is 33.3 Å². The van der Waals surface area contributed by atoms with E-state index in [1.165, 1.54) is 46.7 Å². The van der Waals surface area contributed by atoms with Crippen LogP contribution in [-0.4, -0.2) is 0 Å². The molecular weight excluding hydrogens is 259 g/mol. The molecule has 3 N–H and O–H groups in total. The van der Waals surface area contributed by atoms with Gasteiger partial charge in [0.15, 0.2) is 0 Å². The molecule has 1 aliphatic rings. The van der Waals surface area contributed by atoms with Crippen LogP contribution < -0.4 is 11.3 Å². The first-order chi connectivity index (χ1) is 9.26. The summed E-state index contributed by atoms with van der Waals surface area (Å²) < 4.78 is 12.9. The van der Waals surface area contributed by atoms with Gasteiger partial charge >= 0.3 is 0 Å². The molecule has 0 radical (unpaired) electrons. The first-order valence-corrected chi connectivity index (χ1v) is 7.40. The van der Waals surface area contributed by atoms with E-state index in [1.807, 2.05) is 23.5 Å². The van der Waals surface area contributed by atoms with Crippen LogP contribution in [0.3, 0.4) is 0 Å². The van der Waals surface area contributed by atoms with Crippen LogP contribution in [0.4, 0.5) is 4.39 Å². The van der Waals surface area contributed by atoms with Crippen molar-refractivity contribution in [2.45, 2.75) is 31.7 Å². The van der Waals surface area contributed by atoms with Crippen LogP contribution >= 0.6 is 11.3 Å². The fourth-order valence-corrected chi connectivity index (χ4v) is 3.94. The molecule has 0 spiro atoms. The molecule has 0 saturated carbocycles. The van der Waals surface area contributed by atoms with Crippen molar-refractivity contribution in [3.8, 4) is 0 Å². The van der Waals surface area contributed by atoms with Gasteiger partial charge in [0.1, 0.15) is 5.82 Å². The Balaban J connectivity index is 1.78. The molecule has 1 heterocycles. The smallest absolute Gasteiger partial charge is 0.123 e. The number of hydrazine groups is 1. The fourth-order valence-electron chi connectivity index (χ4n) is 2.62. The molecule has 2 aromatic rings. The Morgan fingerprint density at radius 1 is 1.26 bits per heavy atom. The topological polar surface area (TPSA) is 38.0 Å². The molecule has 1 unspecified atom stereocenters. The highest BCUT2D eigenvalue weighted by molar-refractivity contribution is 7.12. The van der Waals surface area contributed by atoms with Gasteiger partial charge in [0.05, 0.1) is 6.04 Å². The Morgan fingerprint density at radius 2 is 2.05 bits per heavy atom. The van der Waals surface area contributed by atoms with E-state index in [0.29, 0.717) is 0 Å². The number of benzene rings is 1. The highest BCUT2D eigenvalue weighted by Crippen LogP contribution is 2.34. The van der Waals surface area contributed by atoms with E-state index < -0.39 is 0 Å². The maximum atomic E-state index is 12.9. The number of fused-ring (bicyclic) bond motifs is 1. The second-order valence-corrected chi connectivity index (χ2v) is 6.17. The van der Waals surface area contributed by atoms with E-state index in [0.717, 1.165) is 12.0 Å². The molecular formula is C15H17FN2S. The number of hydrogen-bond acceptors (Lipinski definition) is 3. The monoisotopic (exact) mass is 276 g/mol. The third-order valence-electron chi connectivity index (χ3n) is 3.66. The first kappa shape index (κ1) is 12.8. The summed E-state index contributed by atoms with van der Waals surface area (Å²) in [7, 11) is 0. The minimum absolute atomic E-state index is 0.112. The van der Waals surface area contributed by atoms with Gasteiger partial charge in [-0.3, -0.25) is 11.3 Å². The zero-order valence-electron chi connectivity index (χ0n) is 10.7. The normalized spacial score (nSPS) is 15.5. The summed E-state index contributed by atoms with van der Waals surface area (Å²) in [5, 5.41) is 0. The number of nitrogens with one attached hydrogen (secondary N) is 1. The third kappa shape index (κ3) is 2.71. The van der Waals surface area contributed by atoms with Gasteiger partial charge in [-0.2, -0.15) is 0 Å². The summed E-state index contributed by atoms with van der Waals surface area (Å²) in [5.74, 6) is 5.49. The van der Waals surface area contributed by atoms with Crippen molar-refractivity contribution >= 4 is 11.3 Å². The summed E-state index contributed by atoms with van der Waals surface area (Å²) in [6.45, 7) is 0. The van der Waals surface area contributed by atoms with Gasteiger partial charge < -0.3 is 0 Å². The van der Waals surface area contributed by atoms with Gasteiger partial charge in [-0.05, 0) is 55.0 Å². The average molecular weight is 276 g/mol. The third-order valence-corrected chi connectivity index (χ3v) is 5.01. The van der Waals surface area contributed by atoms with Gasteiger partial charge in [-0.1, -0.05) is 12.1 Å². The zero-order valence-corrected chi connectivity index (χ0v) is 11.5. The molecule has 100 valence electrons. The van der Waals surface area contributed by atoms with Gasteiger partial charge in [0, 0.05) is 9.75 Å². The molecule has 19 heavy (non-hydrogen) atoms. The molecule has 0 bridgehead atoms. The molecule has 0 saturated heterocycles. The number of nitrogens with two attached hydrogens (primary N) is 1. The summed E-state index contributed by atoms with van der Waals surface area (Å²) in [6, 6.07) is 9.03. The van der Waals surface area contributed by atoms with Crippen molar-refractivity contribution in [1.29, 1.82) is 0 Å². The Morgan fingerprint density at radius 3 is 2.74 bits per heavy atom. The Kier molecular flexibility index (Phi) is 3.64. The Labute approximate surface area is 116 Å². The summed E-state index contributed by atoms with van der Waals surface area (Å²) in [4.78, 5) is 2.80. The van der Waals surface area contributed by atoms with Crippen LogP contribution in [-0.2, 0) is 19.3 Å². The maximum Gasteiger partial charge on any atom is 0.123 e. The van der Waals surface area contributed by atoms with Crippen LogP contribution in [0, 0.1) is 5.82 Å². The van der Waals surface area contributed by atoms with Crippen molar-refractivity contribution in [3.63, 3.8) is 0 Å². The molecule has 1 aromatic carbocycles. The van der Waals surface area contributed by atoms with Gasteiger partial charge in [0.25, 0.3) is 0 Å². The molecule has 0 amide bonds. The van der Waals surface area contributed by atoms with Gasteiger partial charge in [-0.25, -0.2) is 4.39 Å². The van der Waals surface area contributed by atoms with Crippen LogP contribution in [0.5, 0.6) is 0 Å². The van der Waals surface area contributed by atoms with Crippen molar-refractivity contribution in [2.24, 2.45) is 5.84 Å². The lowest BCUT2D eigenvalue weighted by Gasteiger charge is -2.14. The van der Waals surface area contributed by atoms with E-state index in [-0.39, 0.29) is 11.9 Å². The number of hydrogen-bond donors (Lipinski definition) is 2. The summed E-state index contributed by atoms with van der Waals surface area (Å²) >= 11 is 1.86. The van der Waals surface area contributed by atoms with Crippen molar-refractivity contribution in [1.82, 2.24) is 5.43 Å². The van der Waals surface area contributed by atoms with Crippen molar-refractivity contribution < 1.29 is 4.39 Å². The molecule has 3 rings (SSSR count). The number of rotatable bonds is 4. The molecule has 1 aromatic heterocycles.